The van der Waals surface area contributed by atoms with Gasteiger partial charge in [0.25, 0.3) is 0 Å². The van der Waals surface area contributed by atoms with E-state index in [-0.39, 0.29) is 0 Å². The predicted octanol–water partition coefficient (Wildman–Crippen LogP) is 0.375. The van der Waals surface area contributed by atoms with E-state index in [4.69, 9.17) is 19.6 Å². The molecule has 0 aliphatic rings. The lowest BCUT2D eigenvalue weighted by Gasteiger charge is -2.24. The molecular weight excluding hydrogens is 213 g/mol. The fourth-order valence-electron chi connectivity index (χ4n) is 0.582. The average Bonchev–Trinajstić information content (AvgIpc) is 1.81. The summed E-state index contributed by atoms with van der Waals surface area (Å²) in [6.07, 6.45) is -0.943. The second-order valence-corrected chi connectivity index (χ2v) is 6.11. The van der Waals surface area contributed by atoms with E-state index >= 15 is 0 Å². The van der Waals surface area contributed by atoms with E-state index in [2.05, 4.69) is 0 Å². The van der Waals surface area contributed by atoms with Crippen molar-refractivity contribution in [1.29, 1.82) is 0 Å². The molecule has 12 heavy (non-hydrogen) atoms. The summed E-state index contributed by atoms with van der Waals surface area (Å²) in [6.45, 7) is 0.943. The van der Waals surface area contributed by atoms with Gasteiger partial charge in [0.05, 0.1) is 0 Å². The number of rotatable bonds is 3. The lowest BCUT2D eigenvalue weighted by Crippen LogP contribution is -2.21. The van der Waals surface area contributed by atoms with E-state index in [1.54, 1.807) is 0 Å². The Hall–Kier alpha value is 0.230. The van der Waals surface area contributed by atoms with Gasteiger partial charge in [-0.1, -0.05) is 6.92 Å². The summed E-state index contributed by atoms with van der Waals surface area (Å²) in [5, 5.41) is -3.75. The van der Waals surface area contributed by atoms with Gasteiger partial charge in [-0.15, -0.1) is 0 Å². The van der Waals surface area contributed by atoms with Gasteiger partial charge in [0.1, 0.15) is 0 Å². The number of hydrogen-bond acceptors (Lipinski definition) is 2. The molecule has 0 amide bonds. The summed E-state index contributed by atoms with van der Waals surface area (Å²) in [6, 6.07) is 0. The minimum absolute atomic E-state index is 0.943. The summed E-state index contributed by atoms with van der Waals surface area (Å²) in [5.74, 6) is 0. The Morgan fingerprint density at radius 2 is 1.42 bits per heavy atom. The van der Waals surface area contributed by atoms with Crippen molar-refractivity contribution >= 4 is 15.2 Å². The van der Waals surface area contributed by atoms with Crippen molar-refractivity contribution in [2.75, 3.05) is 0 Å². The summed E-state index contributed by atoms with van der Waals surface area (Å²) in [7, 11) is -10.9. The maximum atomic E-state index is 13.0. The molecule has 0 aromatic carbocycles. The molecule has 9 heteroatoms. The summed E-state index contributed by atoms with van der Waals surface area (Å²) in [4.78, 5) is 33.3. The van der Waals surface area contributed by atoms with Crippen LogP contribution in [0.5, 0.6) is 0 Å². The van der Waals surface area contributed by atoms with Crippen LogP contribution in [0.1, 0.15) is 13.3 Å². The summed E-state index contributed by atoms with van der Waals surface area (Å²) in [5.41, 5.74) is 0. The maximum absolute atomic E-state index is 13.0. The lowest BCUT2D eigenvalue weighted by molar-refractivity contribution is 0.218. The number of alkyl halides is 1. The van der Waals surface area contributed by atoms with E-state index in [1.807, 2.05) is 0 Å². The largest absolute Gasteiger partial charge is 0.375 e. The highest BCUT2D eigenvalue weighted by Crippen LogP contribution is 2.71. The lowest BCUT2D eigenvalue weighted by atomic mass is 10.5. The Labute approximate surface area is 67.7 Å². The number of halogens is 1. The van der Waals surface area contributed by atoms with Crippen molar-refractivity contribution in [3.63, 3.8) is 0 Å². The predicted molar refractivity (Wildman–Crippen MR) is 38.2 cm³/mol. The first-order valence-electron chi connectivity index (χ1n) is 2.86. The van der Waals surface area contributed by atoms with Crippen molar-refractivity contribution in [1.82, 2.24) is 0 Å². The Morgan fingerprint density at radius 1 is 1.17 bits per heavy atom. The molecule has 0 bridgehead atoms. The molecule has 0 spiro atoms. The first kappa shape index (κ1) is 12.2. The van der Waals surface area contributed by atoms with Crippen molar-refractivity contribution in [2.45, 2.75) is 18.5 Å². The molecule has 0 saturated heterocycles. The molecule has 74 valence electrons. The Bertz CT molecular complexity index is 230. The van der Waals surface area contributed by atoms with E-state index < -0.39 is 26.8 Å². The summed E-state index contributed by atoms with van der Waals surface area (Å²) < 4.78 is 33.7. The van der Waals surface area contributed by atoms with Crippen LogP contribution in [-0.2, 0) is 9.13 Å². The molecule has 0 heterocycles. The topological polar surface area (TPSA) is 115 Å². The van der Waals surface area contributed by atoms with Crippen LogP contribution in [0.25, 0.3) is 0 Å². The van der Waals surface area contributed by atoms with Crippen LogP contribution in [-0.4, -0.2) is 24.7 Å². The van der Waals surface area contributed by atoms with Crippen molar-refractivity contribution < 1.29 is 33.1 Å². The third-order valence-electron chi connectivity index (χ3n) is 1.34. The van der Waals surface area contributed by atoms with Crippen molar-refractivity contribution in [3.8, 4) is 0 Å². The highest BCUT2D eigenvalue weighted by Gasteiger charge is 2.60. The second-order valence-electron chi connectivity index (χ2n) is 2.16. The minimum Gasteiger partial charge on any atom is -0.322 e. The molecule has 0 saturated carbocycles. The van der Waals surface area contributed by atoms with Gasteiger partial charge < -0.3 is 19.6 Å². The molecule has 0 radical (unpaired) electrons. The van der Waals surface area contributed by atoms with Gasteiger partial charge >= 0.3 is 20.3 Å². The van der Waals surface area contributed by atoms with Gasteiger partial charge in [0.15, 0.2) is 0 Å². The van der Waals surface area contributed by atoms with Gasteiger partial charge in [0, 0.05) is 6.42 Å². The number of hydrogen-bond donors (Lipinski definition) is 4. The third kappa shape index (κ3) is 1.93. The zero-order valence-corrected chi connectivity index (χ0v) is 7.87. The van der Waals surface area contributed by atoms with E-state index in [9.17, 15) is 13.5 Å². The molecule has 0 aliphatic heterocycles. The van der Waals surface area contributed by atoms with Gasteiger partial charge in [-0.25, -0.2) is 4.39 Å². The van der Waals surface area contributed by atoms with Crippen LogP contribution in [0.2, 0.25) is 0 Å². The van der Waals surface area contributed by atoms with Gasteiger partial charge in [-0.3, -0.25) is 9.13 Å². The van der Waals surface area contributed by atoms with Gasteiger partial charge in [-0.05, 0) is 0 Å². The highest BCUT2D eigenvalue weighted by atomic mass is 31.2. The van der Waals surface area contributed by atoms with Crippen LogP contribution >= 0.6 is 15.2 Å². The molecule has 0 aromatic heterocycles. The van der Waals surface area contributed by atoms with Crippen LogP contribution in [0.3, 0.4) is 0 Å². The first-order valence-corrected chi connectivity index (χ1v) is 6.09. The fourth-order valence-corrected chi connectivity index (χ4v) is 2.76. The normalized spacial score (nSPS) is 14.8. The van der Waals surface area contributed by atoms with E-state index in [1.165, 1.54) is 0 Å². The molecule has 0 aliphatic carbocycles. The molecule has 0 fully saturated rings. The molecule has 0 aromatic rings. The average molecular weight is 222 g/mol. The summed E-state index contributed by atoms with van der Waals surface area (Å²) >= 11 is 0. The molecule has 0 atom stereocenters. The zero-order valence-electron chi connectivity index (χ0n) is 6.08. The standard InChI is InChI=1S/C3H9FO6P2/c1-2-3(4,11(5,6)7)12(8,9)10/h2H2,1H3,(H2,5,6,7)(H2,8,9,10). The smallest absolute Gasteiger partial charge is 0.322 e. The molecule has 4 N–H and O–H groups in total. The van der Waals surface area contributed by atoms with Crippen LogP contribution in [0.4, 0.5) is 4.39 Å². The Morgan fingerprint density at radius 3 is 1.42 bits per heavy atom. The zero-order chi connectivity index (χ0) is 10.2. The van der Waals surface area contributed by atoms with E-state index in [0.717, 1.165) is 6.92 Å². The quantitative estimate of drug-likeness (QED) is 0.513. The van der Waals surface area contributed by atoms with Gasteiger partial charge in [0.2, 0.25) is 0 Å². The minimum atomic E-state index is -5.44. The molecule has 0 unspecified atom stereocenters. The van der Waals surface area contributed by atoms with Crippen molar-refractivity contribution in [3.05, 3.63) is 0 Å². The maximum Gasteiger partial charge on any atom is 0.375 e. The van der Waals surface area contributed by atoms with E-state index in [0.29, 0.717) is 0 Å². The Balaban J connectivity index is 5.25. The fraction of sp³-hybridized carbons (Fsp3) is 1.00. The first-order chi connectivity index (χ1) is 5.06. The molecule has 6 nitrogen and oxygen atoms in total. The molecule has 0 rings (SSSR count). The SMILES string of the molecule is CCC(F)(P(=O)(O)O)P(=O)(O)O. The third-order valence-corrected chi connectivity index (χ3v) is 5.32. The monoisotopic (exact) mass is 222 g/mol. The Kier molecular flexibility index (Phi) is 3.24. The second kappa shape index (κ2) is 3.18. The molecular formula is C3H9FO6P2. The van der Waals surface area contributed by atoms with Crippen LogP contribution in [0.15, 0.2) is 0 Å². The van der Waals surface area contributed by atoms with Crippen molar-refractivity contribution in [2.24, 2.45) is 0 Å². The van der Waals surface area contributed by atoms with Crippen LogP contribution < -0.4 is 0 Å². The van der Waals surface area contributed by atoms with Crippen LogP contribution in [0, 0.1) is 0 Å². The highest BCUT2D eigenvalue weighted by molar-refractivity contribution is 7.72. The van der Waals surface area contributed by atoms with Gasteiger partial charge in [-0.2, -0.15) is 0 Å².